The summed E-state index contributed by atoms with van der Waals surface area (Å²) in [7, 11) is 0. The number of hydrogen-bond acceptors (Lipinski definition) is 3. The van der Waals surface area contributed by atoms with Crippen molar-refractivity contribution in [1.29, 1.82) is 0 Å². The molecule has 17 heavy (non-hydrogen) atoms. The highest BCUT2D eigenvalue weighted by Gasteiger charge is 2.07. The van der Waals surface area contributed by atoms with E-state index in [1.54, 1.807) is 0 Å². The molecule has 4 heteroatoms. The average molecular weight is 224 g/mol. The molecular formula is C13H12N4. The lowest BCUT2D eigenvalue weighted by Crippen LogP contribution is -1.87. The van der Waals surface area contributed by atoms with E-state index in [-0.39, 0.29) is 0 Å². The predicted molar refractivity (Wildman–Crippen MR) is 66.6 cm³/mol. The largest absolute Gasteiger partial charge is 0.335 e. The van der Waals surface area contributed by atoms with Crippen molar-refractivity contribution in [3.05, 3.63) is 41.7 Å². The van der Waals surface area contributed by atoms with E-state index in [0.717, 1.165) is 34.1 Å². The van der Waals surface area contributed by atoms with Crippen molar-refractivity contribution in [2.45, 2.75) is 13.8 Å². The lowest BCUT2D eigenvalue weighted by molar-refractivity contribution is 1.16. The first-order valence-corrected chi connectivity index (χ1v) is 5.50. The summed E-state index contributed by atoms with van der Waals surface area (Å²) < 4.78 is 0. The normalized spacial score (nSPS) is 10.9. The van der Waals surface area contributed by atoms with Gasteiger partial charge < -0.3 is 4.98 Å². The summed E-state index contributed by atoms with van der Waals surface area (Å²) in [5.74, 6) is 0.766. The van der Waals surface area contributed by atoms with Crippen LogP contribution < -0.4 is 0 Å². The van der Waals surface area contributed by atoms with Crippen molar-refractivity contribution in [1.82, 2.24) is 19.9 Å². The van der Waals surface area contributed by atoms with Gasteiger partial charge in [0.05, 0.1) is 5.52 Å². The standard InChI is InChI=1S/C13H12N4/c1-8-4-3-5-10(14-8)13-16-11-7-6-9(2)15-12(11)17-13/h3-7H,1-2H3,(H,15,16,17). The van der Waals surface area contributed by atoms with Crippen LogP contribution in [0.3, 0.4) is 0 Å². The van der Waals surface area contributed by atoms with Crippen LogP contribution in [0.2, 0.25) is 0 Å². The first kappa shape index (κ1) is 9.96. The maximum atomic E-state index is 4.46. The van der Waals surface area contributed by atoms with E-state index in [0.29, 0.717) is 0 Å². The summed E-state index contributed by atoms with van der Waals surface area (Å²) in [5.41, 5.74) is 4.47. The number of pyridine rings is 2. The van der Waals surface area contributed by atoms with Crippen molar-refractivity contribution in [3.63, 3.8) is 0 Å². The van der Waals surface area contributed by atoms with Crippen molar-refractivity contribution in [2.75, 3.05) is 0 Å². The molecule has 3 aromatic rings. The van der Waals surface area contributed by atoms with Gasteiger partial charge in [-0.15, -0.1) is 0 Å². The molecule has 3 heterocycles. The number of aromatic nitrogens is 4. The molecule has 0 aliphatic rings. The SMILES string of the molecule is Cc1cccc(-c2nc3nc(C)ccc3[nH]2)n1. The highest BCUT2D eigenvalue weighted by Crippen LogP contribution is 2.17. The molecule has 0 radical (unpaired) electrons. The first-order chi connectivity index (χ1) is 8.22. The molecule has 0 aliphatic carbocycles. The number of aryl methyl sites for hydroxylation is 2. The van der Waals surface area contributed by atoms with E-state index < -0.39 is 0 Å². The molecule has 1 N–H and O–H groups in total. The number of H-pyrrole nitrogens is 1. The molecule has 0 saturated carbocycles. The molecule has 4 nitrogen and oxygen atoms in total. The smallest absolute Gasteiger partial charge is 0.178 e. The van der Waals surface area contributed by atoms with Crippen LogP contribution in [-0.4, -0.2) is 19.9 Å². The van der Waals surface area contributed by atoms with Gasteiger partial charge in [-0.25, -0.2) is 15.0 Å². The van der Waals surface area contributed by atoms with Crippen LogP contribution in [0.4, 0.5) is 0 Å². The fraction of sp³-hybridized carbons (Fsp3) is 0.154. The van der Waals surface area contributed by atoms with Crippen molar-refractivity contribution < 1.29 is 0 Å². The van der Waals surface area contributed by atoms with Crippen LogP contribution in [0, 0.1) is 13.8 Å². The maximum Gasteiger partial charge on any atom is 0.178 e. The van der Waals surface area contributed by atoms with E-state index >= 15 is 0 Å². The zero-order valence-electron chi connectivity index (χ0n) is 9.73. The lowest BCUT2D eigenvalue weighted by Gasteiger charge is -1.96. The minimum absolute atomic E-state index is 0.739. The second-order valence-corrected chi connectivity index (χ2v) is 4.07. The summed E-state index contributed by atoms with van der Waals surface area (Å²) in [6, 6.07) is 9.84. The maximum absolute atomic E-state index is 4.46. The summed E-state index contributed by atoms with van der Waals surface area (Å²) in [6.07, 6.45) is 0. The summed E-state index contributed by atoms with van der Waals surface area (Å²) in [4.78, 5) is 16.5. The van der Waals surface area contributed by atoms with Gasteiger partial charge in [-0.05, 0) is 38.1 Å². The predicted octanol–water partition coefficient (Wildman–Crippen LogP) is 2.64. The average Bonchev–Trinajstić information content (AvgIpc) is 2.72. The van der Waals surface area contributed by atoms with E-state index in [1.165, 1.54) is 0 Å². The van der Waals surface area contributed by atoms with Crippen LogP contribution in [-0.2, 0) is 0 Å². The molecule has 3 aromatic heterocycles. The topological polar surface area (TPSA) is 54.5 Å². The van der Waals surface area contributed by atoms with Gasteiger partial charge in [-0.2, -0.15) is 0 Å². The molecule has 0 spiro atoms. The molecule has 0 amide bonds. The summed E-state index contributed by atoms with van der Waals surface area (Å²) >= 11 is 0. The van der Waals surface area contributed by atoms with Crippen LogP contribution in [0.1, 0.15) is 11.4 Å². The van der Waals surface area contributed by atoms with Gasteiger partial charge in [0.25, 0.3) is 0 Å². The van der Waals surface area contributed by atoms with Crippen LogP contribution >= 0.6 is 0 Å². The highest BCUT2D eigenvalue weighted by atomic mass is 15.0. The quantitative estimate of drug-likeness (QED) is 0.691. The van der Waals surface area contributed by atoms with Gasteiger partial charge in [-0.1, -0.05) is 6.07 Å². The van der Waals surface area contributed by atoms with Crippen LogP contribution in [0.25, 0.3) is 22.7 Å². The third kappa shape index (κ3) is 1.78. The van der Waals surface area contributed by atoms with Crippen LogP contribution in [0.5, 0.6) is 0 Å². The number of imidazole rings is 1. The summed E-state index contributed by atoms with van der Waals surface area (Å²) in [6.45, 7) is 3.92. The number of rotatable bonds is 1. The molecule has 0 bridgehead atoms. The number of fused-ring (bicyclic) bond motifs is 1. The Morgan fingerprint density at radius 3 is 2.53 bits per heavy atom. The van der Waals surface area contributed by atoms with Gasteiger partial charge in [0.1, 0.15) is 5.69 Å². The molecule has 0 saturated heterocycles. The molecule has 0 atom stereocenters. The second kappa shape index (κ2) is 3.66. The lowest BCUT2D eigenvalue weighted by atomic mass is 10.3. The molecule has 0 aromatic carbocycles. The van der Waals surface area contributed by atoms with Gasteiger partial charge in [0, 0.05) is 11.4 Å². The number of nitrogens with one attached hydrogen (secondary N) is 1. The van der Waals surface area contributed by atoms with E-state index in [9.17, 15) is 0 Å². The monoisotopic (exact) mass is 224 g/mol. The van der Waals surface area contributed by atoms with E-state index in [1.807, 2.05) is 44.2 Å². The van der Waals surface area contributed by atoms with Crippen molar-refractivity contribution in [3.8, 4) is 11.5 Å². The van der Waals surface area contributed by atoms with E-state index in [4.69, 9.17) is 0 Å². The third-order valence-corrected chi connectivity index (χ3v) is 2.62. The Balaban J connectivity index is 2.18. The molecular weight excluding hydrogens is 212 g/mol. The first-order valence-electron chi connectivity index (χ1n) is 5.50. The Kier molecular flexibility index (Phi) is 2.14. The van der Waals surface area contributed by atoms with Gasteiger partial charge in [-0.3, -0.25) is 0 Å². The molecule has 0 aliphatic heterocycles. The zero-order valence-corrected chi connectivity index (χ0v) is 9.73. The van der Waals surface area contributed by atoms with Crippen molar-refractivity contribution in [2.24, 2.45) is 0 Å². The summed E-state index contributed by atoms with van der Waals surface area (Å²) in [5, 5.41) is 0. The fourth-order valence-corrected chi connectivity index (χ4v) is 1.78. The van der Waals surface area contributed by atoms with Gasteiger partial charge in [0.15, 0.2) is 11.5 Å². The van der Waals surface area contributed by atoms with E-state index in [2.05, 4.69) is 19.9 Å². The Hall–Kier alpha value is -2.23. The molecule has 0 unspecified atom stereocenters. The van der Waals surface area contributed by atoms with Gasteiger partial charge >= 0.3 is 0 Å². The second-order valence-electron chi connectivity index (χ2n) is 4.07. The zero-order chi connectivity index (χ0) is 11.8. The number of nitrogens with zero attached hydrogens (tertiary/aromatic N) is 3. The van der Waals surface area contributed by atoms with Crippen molar-refractivity contribution >= 4 is 11.2 Å². The third-order valence-electron chi connectivity index (χ3n) is 2.62. The number of aromatic amines is 1. The Morgan fingerprint density at radius 2 is 1.71 bits per heavy atom. The van der Waals surface area contributed by atoms with Crippen LogP contribution in [0.15, 0.2) is 30.3 Å². The Labute approximate surface area is 98.8 Å². The highest BCUT2D eigenvalue weighted by molar-refractivity contribution is 5.75. The Morgan fingerprint density at radius 1 is 0.882 bits per heavy atom. The minimum Gasteiger partial charge on any atom is -0.335 e. The van der Waals surface area contributed by atoms with Gasteiger partial charge in [0.2, 0.25) is 0 Å². The molecule has 84 valence electrons. The molecule has 0 fully saturated rings. The minimum atomic E-state index is 0.739. The molecule has 3 rings (SSSR count). The fourth-order valence-electron chi connectivity index (χ4n) is 1.78. The Bertz CT molecular complexity index is 685. The number of hydrogen-bond donors (Lipinski definition) is 1.